The van der Waals surface area contributed by atoms with Crippen LogP contribution in [-0.4, -0.2) is 48.5 Å². The summed E-state index contributed by atoms with van der Waals surface area (Å²) >= 11 is 11.5. The number of methoxy groups -OCH3 is 2. The zero-order chi connectivity index (χ0) is 15.4. The highest BCUT2D eigenvalue weighted by molar-refractivity contribution is 7.80. The molecule has 0 radical (unpaired) electrons. The van der Waals surface area contributed by atoms with Gasteiger partial charge in [0.05, 0.1) is 31.0 Å². The molecule has 7 heteroatoms. The van der Waals surface area contributed by atoms with Crippen molar-refractivity contribution in [1.29, 1.82) is 0 Å². The molecule has 2 N–H and O–H groups in total. The number of hydrogen-bond donors (Lipinski definition) is 2. The van der Waals surface area contributed by atoms with Crippen LogP contribution in [0.5, 0.6) is 11.5 Å². The number of benzene rings is 1. The highest BCUT2D eigenvalue weighted by Gasteiger charge is 2.20. The van der Waals surface area contributed by atoms with E-state index < -0.39 is 0 Å². The maximum atomic E-state index is 9.54. The first-order valence-corrected chi connectivity index (χ1v) is 7.49. The third kappa shape index (κ3) is 3.90. The number of thiocarbonyl (C=S) groups is 1. The van der Waals surface area contributed by atoms with Crippen LogP contribution < -0.4 is 14.8 Å². The van der Waals surface area contributed by atoms with Crippen molar-refractivity contribution in [3.05, 3.63) is 17.2 Å². The molecule has 1 aliphatic heterocycles. The molecule has 0 aliphatic carbocycles. The molecule has 1 aromatic carbocycles. The molecule has 21 heavy (non-hydrogen) atoms. The van der Waals surface area contributed by atoms with Crippen LogP contribution in [0.1, 0.15) is 12.8 Å². The summed E-state index contributed by atoms with van der Waals surface area (Å²) in [5.74, 6) is 1.15. The number of halogens is 1. The van der Waals surface area contributed by atoms with E-state index in [1.165, 1.54) is 0 Å². The Morgan fingerprint density at radius 3 is 2.48 bits per heavy atom. The van der Waals surface area contributed by atoms with Crippen LogP contribution in [0.2, 0.25) is 5.02 Å². The first-order valence-electron chi connectivity index (χ1n) is 6.70. The van der Waals surface area contributed by atoms with Gasteiger partial charge in [-0.25, -0.2) is 0 Å². The highest BCUT2D eigenvalue weighted by atomic mass is 35.5. The number of ether oxygens (including phenoxy) is 2. The molecule has 116 valence electrons. The van der Waals surface area contributed by atoms with Gasteiger partial charge in [-0.3, -0.25) is 0 Å². The molecule has 0 saturated carbocycles. The Kier molecular flexibility index (Phi) is 5.50. The van der Waals surface area contributed by atoms with Gasteiger partial charge in [0.2, 0.25) is 0 Å². The summed E-state index contributed by atoms with van der Waals surface area (Å²) < 4.78 is 10.5. The van der Waals surface area contributed by atoms with Crippen LogP contribution in [0.4, 0.5) is 5.69 Å². The molecular weight excluding hydrogens is 312 g/mol. The number of aliphatic hydroxyl groups excluding tert-OH is 1. The average Bonchev–Trinajstić information content (AvgIpc) is 2.49. The van der Waals surface area contributed by atoms with Gasteiger partial charge in [0.25, 0.3) is 0 Å². The van der Waals surface area contributed by atoms with Crippen LogP contribution in [0.3, 0.4) is 0 Å². The number of aliphatic hydroxyl groups is 1. The van der Waals surface area contributed by atoms with Gasteiger partial charge in [-0.15, -0.1) is 0 Å². The molecule has 1 heterocycles. The standard InChI is InChI=1S/C14H19ClN2O3S/c1-19-12-8-11(13(20-2)7-10(12)15)16-14(21)17-5-3-9(18)4-6-17/h7-9,18H,3-6H2,1-2H3,(H,16,21). The molecule has 0 aromatic heterocycles. The lowest BCUT2D eigenvalue weighted by Gasteiger charge is -2.32. The summed E-state index contributed by atoms with van der Waals surface area (Å²) in [5.41, 5.74) is 0.704. The number of nitrogens with zero attached hydrogens (tertiary/aromatic N) is 1. The zero-order valence-corrected chi connectivity index (χ0v) is 13.6. The molecule has 1 saturated heterocycles. The summed E-state index contributed by atoms with van der Waals surface area (Å²) in [6, 6.07) is 3.44. The monoisotopic (exact) mass is 330 g/mol. The summed E-state index contributed by atoms with van der Waals surface area (Å²) in [5, 5.41) is 13.8. The molecular formula is C14H19ClN2O3S. The van der Waals surface area contributed by atoms with E-state index >= 15 is 0 Å². The lowest BCUT2D eigenvalue weighted by Crippen LogP contribution is -2.42. The van der Waals surface area contributed by atoms with E-state index in [2.05, 4.69) is 5.32 Å². The lowest BCUT2D eigenvalue weighted by atomic mass is 10.1. The van der Waals surface area contributed by atoms with Gasteiger partial charge in [-0.1, -0.05) is 11.6 Å². The fourth-order valence-corrected chi connectivity index (χ4v) is 2.74. The van der Waals surface area contributed by atoms with Gasteiger partial charge in [-0.05, 0) is 25.1 Å². The van der Waals surface area contributed by atoms with Crippen LogP contribution >= 0.6 is 23.8 Å². The zero-order valence-electron chi connectivity index (χ0n) is 12.1. The predicted octanol–water partition coefficient (Wildman–Crippen LogP) is 2.51. The SMILES string of the molecule is COc1cc(NC(=S)N2CCC(O)CC2)c(OC)cc1Cl. The fourth-order valence-electron chi connectivity index (χ4n) is 2.22. The van der Waals surface area contributed by atoms with Crippen LogP contribution in [0.15, 0.2) is 12.1 Å². The van der Waals surface area contributed by atoms with Crippen molar-refractivity contribution in [2.45, 2.75) is 18.9 Å². The summed E-state index contributed by atoms with van der Waals surface area (Å²) in [4.78, 5) is 2.03. The minimum Gasteiger partial charge on any atom is -0.495 e. The van der Waals surface area contributed by atoms with Crippen molar-refractivity contribution in [2.75, 3.05) is 32.6 Å². The number of piperidine rings is 1. The van der Waals surface area contributed by atoms with Gasteiger partial charge in [0.15, 0.2) is 5.11 Å². The fraction of sp³-hybridized carbons (Fsp3) is 0.500. The highest BCUT2D eigenvalue weighted by Crippen LogP contribution is 2.36. The maximum Gasteiger partial charge on any atom is 0.173 e. The molecule has 0 bridgehead atoms. The Morgan fingerprint density at radius 1 is 1.29 bits per heavy atom. The van der Waals surface area contributed by atoms with E-state index in [1.807, 2.05) is 4.90 Å². The van der Waals surface area contributed by atoms with E-state index in [9.17, 15) is 5.11 Å². The Balaban J connectivity index is 2.12. The Labute approximate surface area is 134 Å². The average molecular weight is 331 g/mol. The van der Waals surface area contributed by atoms with Crippen molar-refractivity contribution >= 4 is 34.6 Å². The van der Waals surface area contributed by atoms with E-state index in [0.29, 0.717) is 27.3 Å². The molecule has 0 spiro atoms. The Hall–Kier alpha value is -1.24. The van der Waals surface area contributed by atoms with Gasteiger partial charge < -0.3 is 24.8 Å². The number of anilines is 1. The third-order valence-corrected chi connectivity index (χ3v) is 4.12. The van der Waals surface area contributed by atoms with Crippen molar-refractivity contribution in [1.82, 2.24) is 4.90 Å². The van der Waals surface area contributed by atoms with Gasteiger partial charge in [0.1, 0.15) is 11.5 Å². The second-order valence-electron chi connectivity index (χ2n) is 4.84. The molecule has 0 atom stereocenters. The first-order chi connectivity index (χ1) is 10.0. The minimum absolute atomic E-state index is 0.228. The lowest BCUT2D eigenvalue weighted by molar-refractivity contribution is 0.110. The number of nitrogens with one attached hydrogen (secondary N) is 1. The van der Waals surface area contributed by atoms with Crippen molar-refractivity contribution in [2.24, 2.45) is 0 Å². The molecule has 5 nitrogen and oxygen atoms in total. The summed E-state index contributed by atoms with van der Waals surface area (Å²) in [7, 11) is 3.13. The minimum atomic E-state index is -0.228. The second kappa shape index (κ2) is 7.15. The Morgan fingerprint density at radius 2 is 1.90 bits per heavy atom. The maximum absolute atomic E-state index is 9.54. The molecule has 1 fully saturated rings. The number of likely N-dealkylation sites (tertiary alicyclic amines) is 1. The molecule has 0 unspecified atom stereocenters. The molecule has 1 aromatic rings. The quantitative estimate of drug-likeness (QED) is 0.831. The van der Waals surface area contributed by atoms with Crippen LogP contribution in [0.25, 0.3) is 0 Å². The first kappa shape index (κ1) is 16.1. The van der Waals surface area contributed by atoms with Gasteiger partial charge in [-0.2, -0.15) is 0 Å². The number of rotatable bonds is 3. The van der Waals surface area contributed by atoms with E-state index in [1.54, 1.807) is 26.4 Å². The molecule has 1 aliphatic rings. The number of hydrogen-bond acceptors (Lipinski definition) is 4. The van der Waals surface area contributed by atoms with Crippen molar-refractivity contribution in [3.63, 3.8) is 0 Å². The topological polar surface area (TPSA) is 54.0 Å². The predicted molar refractivity (Wildman–Crippen MR) is 87.6 cm³/mol. The summed E-state index contributed by atoms with van der Waals surface area (Å²) in [6.07, 6.45) is 1.22. The van der Waals surface area contributed by atoms with Crippen LogP contribution in [-0.2, 0) is 0 Å². The van der Waals surface area contributed by atoms with E-state index in [0.717, 1.165) is 25.9 Å². The Bertz CT molecular complexity index is 519. The normalized spacial score (nSPS) is 15.7. The van der Waals surface area contributed by atoms with E-state index in [-0.39, 0.29) is 6.10 Å². The molecule has 2 rings (SSSR count). The second-order valence-corrected chi connectivity index (χ2v) is 5.63. The van der Waals surface area contributed by atoms with Gasteiger partial charge in [0, 0.05) is 25.2 Å². The smallest absolute Gasteiger partial charge is 0.173 e. The summed E-state index contributed by atoms with van der Waals surface area (Å²) in [6.45, 7) is 1.47. The molecule has 0 amide bonds. The van der Waals surface area contributed by atoms with Crippen LogP contribution in [0, 0.1) is 0 Å². The van der Waals surface area contributed by atoms with Gasteiger partial charge >= 0.3 is 0 Å². The van der Waals surface area contributed by atoms with E-state index in [4.69, 9.17) is 33.3 Å². The van der Waals surface area contributed by atoms with Crippen molar-refractivity contribution < 1.29 is 14.6 Å². The third-order valence-electron chi connectivity index (χ3n) is 3.47. The largest absolute Gasteiger partial charge is 0.495 e. The van der Waals surface area contributed by atoms with Crippen molar-refractivity contribution in [3.8, 4) is 11.5 Å².